The summed E-state index contributed by atoms with van der Waals surface area (Å²) in [7, 11) is 0. The maximum absolute atomic E-state index is 6.55. The van der Waals surface area contributed by atoms with E-state index in [9.17, 15) is 0 Å². The van der Waals surface area contributed by atoms with Gasteiger partial charge in [0, 0.05) is 24.1 Å². The predicted molar refractivity (Wildman–Crippen MR) is 138 cm³/mol. The highest BCUT2D eigenvalue weighted by Crippen LogP contribution is 2.40. The average Bonchev–Trinajstić information content (AvgIpc) is 3.64. The fraction of sp³-hybridized carbons (Fsp3) is 0.407. The first kappa shape index (κ1) is 22.4. The third-order valence-electron chi connectivity index (χ3n) is 6.96. The summed E-state index contributed by atoms with van der Waals surface area (Å²) in [5.41, 5.74) is 2.12. The highest BCUT2D eigenvalue weighted by Gasteiger charge is 2.22. The molecule has 2 aromatic carbocycles. The highest BCUT2D eigenvalue weighted by atomic mass is 35.5. The summed E-state index contributed by atoms with van der Waals surface area (Å²) < 4.78 is 18.4. The molecule has 182 valence electrons. The minimum absolute atomic E-state index is 0.184. The fourth-order valence-corrected chi connectivity index (χ4v) is 5.32. The summed E-state index contributed by atoms with van der Waals surface area (Å²) in [6, 6.07) is 9.64. The van der Waals surface area contributed by atoms with Crippen molar-refractivity contribution in [3.63, 3.8) is 0 Å². The topological polar surface area (TPSA) is 72.7 Å². The molecule has 2 fully saturated rings. The van der Waals surface area contributed by atoms with Gasteiger partial charge >= 0.3 is 0 Å². The van der Waals surface area contributed by atoms with Crippen LogP contribution in [0.5, 0.6) is 11.5 Å². The zero-order chi connectivity index (χ0) is 23.6. The van der Waals surface area contributed by atoms with Gasteiger partial charge in [0.2, 0.25) is 0 Å². The number of rotatable bonds is 8. The molecule has 1 aliphatic carbocycles. The second-order valence-electron chi connectivity index (χ2n) is 9.35. The number of benzene rings is 2. The molecular weight excluding hydrogens is 464 g/mol. The van der Waals surface area contributed by atoms with E-state index in [-0.39, 0.29) is 6.10 Å². The Kier molecular flexibility index (Phi) is 6.35. The first-order chi connectivity index (χ1) is 17.2. The van der Waals surface area contributed by atoms with Crippen LogP contribution in [0.4, 0.5) is 11.5 Å². The average molecular weight is 493 g/mol. The Bertz CT molecular complexity index is 1330. The first-order valence-electron chi connectivity index (χ1n) is 12.5. The Hall–Kier alpha value is -3.03. The molecule has 1 aliphatic heterocycles. The van der Waals surface area contributed by atoms with Gasteiger partial charge in [0.05, 0.1) is 28.3 Å². The number of furan rings is 1. The molecule has 35 heavy (non-hydrogen) atoms. The van der Waals surface area contributed by atoms with E-state index in [0.29, 0.717) is 28.7 Å². The molecule has 0 bridgehead atoms. The predicted octanol–water partition coefficient (Wildman–Crippen LogP) is 6.57. The van der Waals surface area contributed by atoms with E-state index in [4.69, 9.17) is 25.5 Å². The van der Waals surface area contributed by atoms with Crippen molar-refractivity contribution < 1.29 is 13.9 Å². The number of hydrogen-bond acceptors (Lipinski definition) is 7. The number of aromatic nitrogens is 2. The largest absolute Gasteiger partial charge is 0.492 e. The second kappa shape index (κ2) is 9.91. The third-order valence-corrected chi connectivity index (χ3v) is 7.28. The zero-order valence-corrected chi connectivity index (χ0v) is 20.4. The van der Waals surface area contributed by atoms with Gasteiger partial charge in [-0.3, -0.25) is 4.90 Å². The molecule has 4 aromatic rings. The van der Waals surface area contributed by atoms with Gasteiger partial charge in [-0.1, -0.05) is 11.6 Å². The fourth-order valence-electron chi connectivity index (χ4n) is 5.13. The van der Waals surface area contributed by atoms with Gasteiger partial charge in [0.25, 0.3) is 0 Å². The summed E-state index contributed by atoms with van der Waals surface area (Å²) in [5.74, 6) is 2.12. The molecule has 3 heterocycles. The van der Waals surface area contributed by atoms with Crippen molar-refractivity contribution in [2.75, 3.05) is 31.6 Å². The van der Waals surface area contributed by atoms with Gasteiger partial charge in [-0.2, -0.15) is 0 Å². The van der Waals surface area contributed by atoms with Crippen LogP contribution in [0.2, 0.25) is 5.02 Å². The van der Waals surface area contributed by atoms with E-state index in [2.05, 4.69) is 20.2 Å². The van der Waals surface area contributed by atoms with Crippen molar-refractivity contribution in [2.45, 2.75) is 44.6 Å². The summed E-state index contributed by atoms with van der Waals surface area (Å²) in [6.07, 6.45) is 10.4. The lowest BCUT2D eigenvalue weighted by Crippen LogP contribution is -2.25. The van der Waals surface area contributed by atoms with Gasteiger partial charge in [-0.25, -0.2) is 9.97 Å². The van der Waals surface area contributed by atoms with Gasteiger partial charge in [0.15, 0.2) is 5.58 Å². The Morgan fingerprint density at radius 3 is 2.77 bits per heavy atom. The van der Waals surface area contributed by atoms with Gasteiger partial charge in [0.1, 0.15) is 35.9 Å². The van der Waals surface area contributed by atoms with Crippen molar-refractivity contribution in [2.24, 2.45) is 0 Å². The van der Waals surface area contributed by atoms with Gasteiger partial charge in [-0.15, -0.1) is 0 Å². The molecule has 0 radical (unpaired) electrons. The number of anilines is 2. The smallest absolute Gasteiger partial charge is 0.158 e. The minimum atomic E-state index is 0.184. The molecule has 6 rings (SSSR count). The summed E-state index contributed by atoms with van der Waals surface area (Å²) in [6.45, 7) is 3.88. The second-order valence-corrected chi connectivity index (χ2v) is 9.75. The Balaban J connectivity index is 1.35. The molecule has 1 N–H and O–H groups in total. The molecule has 1 saturated heterocycles. The van der Waals surface area contributed by atoms with Crippen molar-refractivity contribution in [3.05, 3.63) is 47.9 Å². The van der Waals surface area contributed by atoms with E-state index < -0.39 is 0 Å². The summed E-state index contributed by atoms with van der Waals surface area (Å²) in [4.78, 5) is 11.6. The van der Waals surface area contributed by atoms with Crippen LogP contribution in [0, 0.1) is 0 Å². The van der Waals surface area contributed by atoms with E-state index in [1.807, 2.05) is 30.3 Å². The zero-order valence-electron chi connectivity index (χ0n) is 19.6. The number of ether oxygens (including phenoxy) is 2. The number of nitrogens with zero attached hydrogens (tertiary/aromatic N) is 3. The molecule has 7 nitrogen and oxygen atoms in total. The molecule has 2 aliphatic rings. The minimum Gasteiger partial charge on any atom is -0.492 e. The molecule has 0 amide bonds. The number of fused-ring (bicyclic) bond motifs is 2. The van der Waals surface area contributed by atoms with E-state index in [1.165, 1.54) is 25.7 Å². The van der Waals surface area contributed by atoms with Gasteiger partial charge in [-0.05, 0) is 69.8 Å². The molecule has 8 heteroatoms. The van der Waals surface area contributed by atoms with Gasteiger partial charge < -0.3 is 19.2 Å². The number of halogens is 1. The highest BCUT2D eigenvalue weighted by molar-refractivity contribution is 6.35. The summed E-state index contributed by atoms with van der Waals surface area (Å²) >= 11 is 6.55. The molecule has 2 aromatic heterocycles. The molecule has 0 atom stereocenters. The molecule has 0 spiro atoms. The lowest BCUT2D eigenvalue weighted by molar-refractivity contribution is 0.209. The normalized spacial score (nSPS) is 16.9. The third kappa shape index (κ3) is 4.75. The maximum atomic E-state index is 6.55. The van der Waals surface area contributed by atoms with Crippen LogP contribution < -0.4 is 14.8 Å². The van der Waals surface area contributed by atoms with Crippen molar-refractivity contribution in [3.8, 4) is 11.5 Å². The van der Waals surface area contributed by atoms with E-state index in [0.717, 1.165) is 60.3 Å². The quantitative estimate of drug-likeness (QED) is 0.298. The van der Waals surface area contributed by atoms with Crippen LogP contribution in [0.15, 0.2) is 47.3 Å². The number of likely N-dealkylation sites (tertiary alicyclic amines) is 1. The summed E-state index contributed by atoms with van der Waals surface area (Å²) in [5, 5.41) is 5.74. The molecule has 0 unspecified atom stereocenters. The van der Waals surface area contributed by atoms with Crippen molar-refractivity contribution in [1.82, 2.24) is 14.9 Å². The molecule has 1 saturated carbocycles. The monoisotopic (exact) mass is 492 g/mol. The van der Waals surface area contributed by atoms with Crippen LogP contribution in [0.3, 0.4) is 0 Å². The Morgan fingerprint density at radius 1 is 1.06 bits per heavy atom. The lowest BCUT2D eigenvalue weighted by atomic mass is 10.1. The maximum Gasteiger partial charge on any atom is 0.158 e. The SMILES string of the molecule is Clc1ccc2ccoc2c1Nc1ncnc2cc(OCCN3CCCC3)cc(OC3CCCC3)c12. The number of hydrogen-bond donors (Lipinski definition) is 1. The number of nitrogens with one attached hydrogen (secondary N) is 1. The van der Waals surface area contributed by atoms with E-state index >= 15 is 0 Å². The van der Waals surface area contributed by atoms with E-state index in [1.54, 1.807) is 12.6 Å². The van der Waals surface area contributed by atoms with Crippen LogP contribution >= 0.6 is 11.6 Å². The Labute approximate surface area is 209 Å². The van der Waals surface area contributed by atoms with Crippen LogP contribution in [0.1, 0.15) is 38.5 Å². The van der Waals surface area contributed by atoms with Crippen molar-refractivity contribution in [1.29, 1.82) is 0 Å². The van der Waals surface area contributed by atoms with Crippen LogP contribution in [0.25, 0.3) is 21.9 Å². The first-order valence-corrected chi connectivity index (χ1v) is 12.9. The van der Waals surface area contributed by atoms with Crippen LogP contribution in [-0.4, -0.2) is 47.2 Å². The lowest BCUT2D eigenvalue weighted by Gasteiger charge is -2.19. The Morgan fingerprint density at radius 2 is 1.91 bits per heavy atom. The van der Waals surface area contributed by atoms with Crippen molar-refractivity contribution >= 4 is 45.0 Å². The van der Waals surface area contributed by atoms with Crippen LogP contribution in [-0.2, 0) is 0 Å². The standard InChI is InChI=1S/C27H29ClN4O3/c28-21-8-7-18-9-13-34-26(18)25(21)31-27-24-22(29-17-30-27)15-20(33-14-12-32-10-3-4-11-32)16-23(24)35-19-5-1-2-6-19/h7-9,13,15-17,19H,1-6,10-12,14H2,(H,29,30,31). The molecular formula is C27H29ClN4O3.